The van der Waals surface area contributed by atoms with Gasteiger partial charge in [0.2, 0.25) is 10.0 Å². The van der Waals surface area contributed by atoms with Gasteiger partial charge in [-0.2, -0.15) is 0 Å². The third kappa shape index (κ3) is 6.01. The number of hydrogen-bond donors (Lipinski definition) is 3. The smallest absolute Gasteiger partial charge is 0.212 e. The fraction of sp³-hybridized carbons (Fsp3) is 0.571. The molecular weight excluding hydrogens is 290 g/mol. The summed E-state index contributed by atoms with van der Waals surface area (Å²) in [6.07, 6.45) is 0.618. The first kappa shape index (κ1) is 16.2. The van der Waals surface area contributed by atoms with Crippen molar-refractivity contribution < 1.29 is 13.5 Å². The number of benzene rings is 1. The zero-order valence-electron chi connectivity index (χ0n) is 12.1. The van der Waals surface area contributed by atoms with Crippen LogP contribution in [0.4, 0.5) is 0 Å². The molecule has 0 unspecified atom stereocenters. The van der Waals surface area contributed by atoms with Crippen LogP contribution in [-0.4, -0.2) is 63.4 Å². The number of aromatic hydroxyl groups is 1. The van der Waals surface area contributed by atoms with E-state index in [0.717, 1.165) is 31.7 Å². The van der Waals surface area contributed by atoms with E-state index in [1.165, 1.54) is 0 Å². The molecule has 7 heteroatoms. The first-order chi connectivity index (χ1) is 10.1. The lowest BCUT2D eigenvalue weighted by Gasteiger charge is -2.26. The summed E-state index contributed by atoms with van der Waals surface area (Å²) in [7, 11) is -3.22. The molecule has 1 aliphatic heterocycles. The number of piperazine rings is 1. The molecule has 1 aliphatic rings. The standard InChI is InChI=1S/C14H23N3O3S/c18-14-3-1-13(2-4-14)5-6-16-21(19,20)12-11-17-9-7-15-8-10-17/h1-4,15-16,18H,5-12H2. The molecule has 1 aromatic carbocycles. The van der Waals surface area contributed by atoms with Gasteiger partial charge in [-0.15, -0.1) is 0 Å². The third-order valence-corrected chi connectivity index (χ3v) is 4.92. The van der Waals surface area contributed by atoms with Gasteiger partial charge in [0.1, 0.15) is 5.75 Å². The average molecular weight is 313 g/mol. The Morgan fingerprint density at radius 3 is 2.52 bits per heavy atom. The van der Waals surface area contributed by atoms with E-state index >= 15 is 0 Å². The molecule has 1 aromatic rings. The maximum atomic E-state index is 11.9. The number of rotatable bonds is 7. The Labute approximate surface area is 126 Å². The van der Waals surface area contributed by atoms with Crippen LogP contribution in [0.3, 0.4) is 0 Å². The summed E-state index contributed by atoms with van der Waals surface area (Å²) in [6.45, 7) is 4.62. The number of phenolic OH excluding ortho intramolecular Hbond substituents is 1. The number of nitrogens with zero attached hydrogens (tertiary/aromatic N) is 1. The van der Waals surface area contributed by atoms with Crippen LogP contribution in [0.5, 0.6) is 5.75 Å². The molecule has 0 atom stereocenters. The van der Waals surface area contributed by atoms with Gasteiger partial charge in [0.25, 0.3) is 0 Å². The fourth-order valence-corrected chi connectivity index (χ4v) is 3.33. The van der Waals surface area contributed by atoms with E-state index in [-0.39, 0.29) is 11.5 Å². The maximum absolute atomic E-state index is 11.9. The highest BCUT2D eigenvalue weighted by atomic mass is 32.2. The second-order valence-electron chi connectivity index (χ2n) is 5.22. The largest absolute Gasteiger partial charge is 0.508 e. The van der Waals surface area contributed by atoms with Gasteiger partial charge in [-0.1, -0.05) is 12.1 Å². The Balaban J connectivity index is 1.69. The average Bonchev–Trinajstić information content (AvgIpc) is 2.48. The number of nitrogens with one attached hydrogen (secondary N) is 2. The highest BCUT2D eigenvalue weighted by molar-refractivity contribution is 7.89. The Hall–Kier alpha value is -1.15. The van der Waals surface area contributed by atoms with Gasteiger partial charge in [0, 0.05) is 39.3 Å². The van der Waals surface area contributed by atoms with E-state index in [0.29, 0.717) is 19.5 Å². The molecule has 0 saturated carbocycles. The van der Waals surface area contributed by atoms with E-state index < -0.39 is 10.0 Å². The first-order valence-electron chi connectivity index (χ1n) is 7.23. The van der Waals surface area contributed by atoms with Gasteiger partial charge < -0.3 is 10.4 Å². The highest BCUT2D eigenvalue weighted by Gasteiger charge is 2.14. The summed E-state index contributed by atoms with van der Waals surface area (Å²) < 4.78 is 26.5. The SMILES string of the molecule is O=S(=O)(CCN1CCNCC1)NCCc1ccc(O)cc1. The molecule has 0 aliphatic carbocycles. The summed E-state index contributed by atoms with van der Waals surface area (Å²) in [5, 5.41) is 12.4. The summed E-state index contributed by atoms with van der Waals surface area (Å²) in [6, 6.07) is 6.80. The Morgan fingerprint density at radius 2 is 1.86 bits per heavy atom. The number of sulfonamides is 1. The molecule has 6 nitrogen and oxygen atoms in total. The van der Waals surface area contributed by atoms with E-state index in [2.05, 4.69) is 14.9 Å². The Bertz CT molecular complexity index is 525. The van der Waals surface area contributed by atoms with Crippen molar-refractivity contribution in [1.29, 1.82) is 0 Å². The molecule has 1 heterocycles. The van der Waals surface area contributed by atoms with E-state index in [9.17, 15) is 13.5 Å². The minimum Gasteiger partial charge on any atom is -0.508 e. The molecule has 1 fully saturated rings. The zero-order chi connectivity index (χ0) is 15.1. The lowest BCUT2D eigenvalue weighted by Crippen LogP contribution is -2.46. The summed E-state index contributed by atoms with van der Waals surface area (Å²) in [5.74, 6) is 0.359. The van der Waals surface area contributed by atoms with Crippen LogP contribution in [0.2, 0.25) is 0 Å². The summed E-state index contributed by atoms with van der Waals surface area (Å²) in [5.41, 5.74) is 0.998. The Morgan fingerprint density at radius 1 is 1.19 bits per heavy atom. The lowest BCUT2D eigenvalue weighted by molar-refractivity contribution is 0.253. The monoisotopic (exact) mass is 313 g/mol. The normalized spacial score (nSPS) is 17.0. The van der Waals surface area contributed by atoms with Gasteiger partial charge in [-0.05, 0) is 24.1 Å². The minimum atomic E-state index is -3.22. The molecular formula is C14H23N3O3S. The van der Waals surface area contributed by atoms with Crippen molar-refractivity contribution in [3.63, 3.8) is 0 Å². The van der Waals surface area contributed by atoms with E-state index in [1.807, 2.05) is 0 Å². The molecule has 0 spiro atoms. The van der Waals surface area contributed by atoms with E-state index in [4.69, 9.17) is 0 Å². The zero-order valence-corrected chi connectivity index (χ0v) is 12.9. The van der Waals surface area contributed by atoms with Gasteiger partial charge in [0.15, 0.2) is 0 Å². The van der Waals surface area contributed by atoms with Crippen molar-refractivity contribution in [1.82, 2.24) is 14.9 Å². The van der Waals surface area contributed by atoms with Crippen molar-refractivity contribution in [2.75, 3.05) is 45.0 Å². The topological polar surface area (TPSA) is 81.7 Å². The number of phenols is 1. The molecule has 0 bridgehead atoms. The van der Waals surface area contributed by atoms with Gasteiger partial charge in [0.05, 0.1) is 5.75 Å². The lowest BCUT2D eigenvalue weighted by atomic mass is 10.1. The fourth-order valence-electron chi connectivity index (χ4n) is 2.27. The van der Waals surface area contributed by atoms with Crippen molar-refractivity contribution in [3.05, 3.63) is 29.8 Å². The van der Waals surface area contributed by atoms with Crippen LogP contribution in [0.15, 0.2) is 24.3 Å². The van der Waals surface area contributed by atoms with Crippen molar-refractivity contribution in [2.24, 2.45) is 0 Å². The molecule has 0 amide bonds. The molecule has 0 aromatic heterocycles. The van der Waals surface area contributed by atoms with Crippen LogP contribution >= 0.6 is 0 Å². The van der Waals surface area contributed by atoms with Crippen LogP contribution in [0, 0.1) is 0 Å². The van der Waals surface area contributed by atoms with Gasteiger partial charge in [-0.25, -0.2) is 13.1 Å². The molecule has 1 saturated heterocycles. The van der Waals surface area contributed by atoms with Crippen LogP contribution < -0.4 is 10.0 Å². The molecule has 3 N–H and O–H groups in total. The summed E-state index contributed by atoms with van der Waals surface area (Å²) in [4.78, 5) is 2.16. The van der Waals surface area contributed by atoms with E-state index in [1.54, 1.807) is 24.3 Å². The van der Waals surface area contributed by atoms with Gasteiger partial charge in [-0.3, -0.25) is 4.90 Å². The second kappa shape index (κ2) is 7.74. The second-order valence-corrected chi connectivity index (χ2v) is 7.15. The Kier molecular flexibility index (Phi) is 5.98. The molecule has 118 valence electrons. The van der Waals surface area contributed by atoms with Crippen LogP contribution in [0.25, 0.3) is 0 Å². The maximum Gasteiger partial charge on any atom is 0.212 e. The quantitative estimate of drug-likeness (QED) is 0.647. The van der Waals surface area contributed by atoms with Gasteiger partial charge >= 0.3 is 0 Å². The third-order valence-electron chi connectivity index (χ3n) is 3.56. The molecule has 21 heavy (non-hydrogen) atoms. The number of hydrogen-bond acceptors (Lipinski definition) is 5. The molecule has 2 rings (SSSR count). The molecule has 0 radical (unpaired) electrons. The first-order valence-corrected chi connectivity index (χ1v) is 8.89. The van der Waals surface area contributed by atoms with Crippen molar-refractivity contribution in [3.8, 4) is 5.75 Å². The van der Waals surface area contributed by atoms with Crippen LogP contribution in [-0.2, 0) is 16.4 Å². The predicted molar refractivity (Wildman–Crippen MR) is 82.9 cm³/mol. The van der Waals surface area contributed by atoms with Crippen molar-refractivity contribution >= 4 is 10.0 Å². The highest BCUT2D eigenvalue weighted by Crippen LogP contribution is 2.09. The predicted octanol–water partition coefficient (Wildman–Crippen LogP) is -0.241. The van der Waals surface area contributed by atoms with Crippen molar-refractivity contribution in [2.45, 2.75) is 6.42 Å². The summed E-state index contributed by atoms with van der Waals surface area (Å²) >= 11 is 0. The van der Waals surface area contributed by atoms with Crippen LogP contribution in [0.1, 0.15) is 5.56 Å². The minimum absolute atomic E-state index is 0.141.